The zero-order valence-corrected chi connectivity index (χ0v) is 16.9. The predicted octanol–water partition coefficient (Wildman–Crippen LogP) is 3.35. The standard InChI is InChI=1S/C23H22N8/c24-23(9-11-31(12-10-23)21-17-13-27-30-20(17)25-14-26-21)22-28-18-8-4-7-16(19(18)29-22)15-5-2-1-3-6-15/h1-8,13-14H,9-12,24H2,(H,28,29)(H,25,26,27,30). The molecule has 0 amide bonds. The van der Waals surface area contributed by atoms with E-state index in [2.05, 4.69) is 60.4 Å². The van der Waals surface area contributed by atoms with Crippen LogP contribution in [-0.2, 0) is 5.54 Å². The highest BCUT2D eigenvalue weighted by molar-refractivity contribution is 5.92. The number of hydrogen-bond acceptors (Lipinski definition) is 6. The van der Waals surface area contributed by atoms with Crippen LogP contribution in [0.4, 0.5) is 5.82 Å². The van der Waals surface area contributed by atoms with Gasteiger partial charge in [0.25, 0.3) is 0 Å². The Kier molecular flexibility index (Phi) is 4.00. The first-order valence-electron chi connectivity index (χ1n) is 10.4. The average Bonchev–Trinajstić information content (AvgIpc) is 3.47. The normalized spacial score (nSPS) is 16.2. The molecule has 0 spiro atoms. The maximum absolute atomic E-state index is 6.89. The number of para-hydroxylation sites is 1. The van der Waals surface area contributed by atoms with Gasteiger partial charge in [-0.05, 0) is 24.5 Å². The summed E-state index contributed by atoms with van der Waals surface area (Å²) in [6, 6.07) is 16.6. The summed E-state index contributed by atoms with van der Waals surface area (Å²) in [5.74, 6) is 1.75. The van der Waals surface area contributed by atoms with E-state index in [0.29, 0.717) is 0 Å². The Morgan fingerprint density at radius 1 is 0.968 bits per heavy atom. The highest BCUT2D eigenvalue weighted by Crippen LogP contribution is 2.35. The summed E-state index contributed by atoms with van der Waals surface area (Å²) in [4.78, 5) is 19.5. The second-order valence-electron chi connectivity index (χ2n) is 8.13. The molecule has 6 rings (SSSR count). The number of piperidine rings is 1. The van der Waals surface area contributed by atoms with Gasteiger partial charge in [0.15, 0.2) is 5.65 Å². The van der Waals surface area contributed by atoms with E-state index in [9.17, 15) is 0 Å². The van der Waals surface area contributed by atoms with Crippen molar-refractivity contribution in [1.82, 2.24) is 30.1 Å². The van der Waals surface area contributed by atoms with Gasteiger partial charge in [-0.3, -0.25) is 5.10 Å². The minimum atomic E-state index is -0.508. The topological polar surface area (TPSA) is 112 Å². The van der Waals surface area contributed by atoms with E-state index in [0.717, 1.165) is 70.8 Å². The summed E-state index contributed by atoms with van der Waals surface area (Å²) in [6.45, 7) is 1.58. The van der Waals surface area contributed by atoms with Crippen molar-refractivity contribution in [3.05, 3.63) is 66.9 Å². The molecule has 1 aliphatic heterocycles. The zero-order chi connectivity index (χ0) is 20.8. The fourth-order valence-electron chi connectivity index (χ4n) is 4.48. The molecule has 31 heavy (non-hydrogen) atoms. The van der Waals surface area contributed by atoms with Crippen LogP contribution in [0.25, 0.3) is 33.2 Å². The lowest BCUT2D eigenvalue weighted by Crippen LogP contribution is -2.49. The van der Waals surface area contributed by atoms with Crippen molar-refractivity contribution in [2.24, 2.45) is 5.73 Å². The number of H-pyrrole nitrogens is 2. The molecule has 0 atom stereocenters. The van der Waals surface area contributed by atoms with Gasteiger partial charge in [0.1, 0.15) is 18.0 Å². The second-order valence-corrected chi connectivity index (χ2v) is 8.13. The van der Waals surface area contributed by atoms with Crippen LogP contribution >= 0.6 is 0 Å². The first kappa shape index (κ1) is 18.0. The number of aromatic amines is 2. The molecule has 8 nitrogen and oxygen atoms in total. The van der Waals surface area contributed by atoms with Gasteiger partial charge in [0.2, 0.25) is 0 Å². The lowest BCUT2D eigenvalue weighted by Gasteiger charge is -2.38. The number of nitrogens with two attached hydrogens (primary N) is 1. The number of aromatic nitrogens is 6. The molecule has 0 bridgehead atoms. The minimum absolute atomic E-state index is 0.508. The Hall–Kier alpha value is -3.78. The summed E-state index contributed by atoms with van der Waals surface area (Å²) in [5.41, 5.74) is 11.4. The number of imidazole rings is 1. The molecule has 4 heterocycles. The summed E-state index contributed by atoms with van der Waals surface area (Å²) in [5, 5.41) is 7.94. The molecule has 5 aromatic rings. The highest BCUT2D eigenvalue weighted by atomic mass is 15.2. The van der Waals surface area contributed by atoms with Crippen molar-refractivity contribution in [3.63, 3.8) is 0 Å². The molecule has 4 N–H and O–H groups in total. The van der Waals surface area contributed by atoms with Crippen LogP contribution in [0.2, 0.25) is 0 Å². The summed E-state index contributed by atoms with van der Waals surface area (Å²) in [6.07, 6.45) is 4.90. The maximum atomic E-state index is 6.89. The van der Waals surface area contributed by atoms with Crippen molar-refractivity contribution in [2.75, 3.05) is 18.0 Å². The lowest BCUT2D eigenvalue weighted by atomic mass is 9.88. The molecule has 0 saturated carbocycles. The third-order valence-corrected chi connectivity index (χ3v) is 6.25. The molecule has 1 aliphatic rings. The van der Waals surface area contributed by atoms with Gasteiger partial charge in [0, 0.05) is 18.7 Å². The molecule has 2 aromatic carbocycles. The van der Waals surface area contributed by atoms with Crippen LogP contribution < -0.4 is 10.6 Å². The van der Waals surface area contributed by atoms with Gasteiger partial charge in [-0.1, -0.05) is 42.5 Å². The Balaban J connectivity index is 1.31. The molecule has 3 aromatic heterocycles. The van der Waals surface area contributed by atoms with E-state index in [1.54, 1.807) is 12.5 Å². The number of benzene rings is 2. The zero-order valence-electron chi connectivity index (χ0n) is 16.9. The van der Waals surface area contributed by atoms with Gasteiger partial charge >= 0.3 is 0 Å². The van der Waals surface area contributed by atoms with Crippen LogP contribution in [0.1, 0.15) is 18.7 Å². The van der Waals surface area contributed by atoms with Crippen molar-refractivity contribution < 1.29 is 0 Å². The monoisotopic (exact) mass is 410 g/mol. The quantitative estimate of drug-likeness (QED) is 0.420. The molecule has 0 radical (unpaired) electrons. The molecular formula is C23H22N8. The van der Waals surface area contributed by atoms with E-state index < -0.39 is 5.54 Å². The van der Waals surface area contributed by atoms with E-state index in [1.807, 2.05) is 18.2 Å². The lowest BCUT2D eigenvalue weighted by molar-refractivity contribution is 0.327. The van der Waals surface area contributed by atoms with Gasteiger partial charge in [-0.2, -0.15) is 5.10 Å². The molecular weight excluding hydrogens is 388 g/mol. The molecule has 0 unspecified atom stereocenters. The first-order chi connectivity index (χ1) is 15.2. The molecule has 154 valence electrons. The van der Waals surface area contributed by atoms with Gasteiger partial charge < -0.3 is 15.6 Å². The maximum Gasteiger partial charge on any atom is 0.160 e. The van der Waals surface area contributed by atoms with Crippen LogP contribution in [-0.4, -0.2) is 43.2 Å². The number of fused-ring (bicyclic) bond motifs is 2. The Morgan fingerprint density at radius 3 is 2.65 bits per heavy atom. The minimum Gasteiger partial charge on any atom is -0.356 e. The number of nitrogens with one attached hydrogen (secondary N) is 2. The van der Waals surface area contributed by atoms with Crippen LogP contribution in [0.15, 0.2) is 61.1 Å². The molecule has 0 aliphatic carbocycles. The van der Waals surface area contributed by atoms with Crippen molar-refractivity contribution in [3.8, 4) is 11.1 Å². The SMILES string of the molecule is NC1(c2nc3c(-c4ccccc4)cccc3[nH]2)CCN(c2ncnc3[nH]ncc23)CC1. The number of anilines is 1. The number of nitrogens with zero attached hydrogens (tertiary/aromatic N) is 5. The van der Waals surface area contributed by atoms with Gasteiger partial charge in [-0.15, -0.1) is 0 Å². The van der Waals surface area contributed by atoms with Crippen LogP contribution in [0, 0.1) is 0 Å². The number of rotatable bonds is 3. The fraction of sp³-hybridized carbons (Fsp3) is 0.217. The van der Waals surface area contributed by atoms with Crippen molar-refractivity contribution in [2.45, 2.75) is 18.4 Å². The predicted molar refractivity (Wildman–Crippen MR) is 121 cm³/mol. The Morgan fingerprint density at radius 2 is 1.81 bits per heavy atom. The summed E-state index contributed by atoms with van der Waals surface area (Å²) >= 11 is 0. The smallest absolute Gasteiger partial charge is 0.160 e. The second kappa shape index (κ2) is 6.88. The third kappa shape index (κ3) is 2.95. The van der Waals surface area contributed by atoms with E-state index in [4.69, 9.17) is 10.7 Å². The van der Waals surface area contributed by atoms with Crippen molar-refractivity contribution >= 4 is 27.9 Å². The highest BCUT2D eigenvalue weighted by Gasteiger charge is 2.36. The largest absolute Gasteiger partial charge is 0.356 e. The third-order valence-electron chi connectivity index (χ3n) is 6.25. The average molecular weight is 410 g/mol. The summed E-state index contributed by atoms with van der Waals surface area (Å²) < 4.78 is 0. The molecule has 8 heteroatoms. The molecule has 1 fully saturated rings. The van der Waals surface area contributed by atoms with Gasteiger partial charge in [0.05, 0.1) is 28.2 Å². The Bertz CT molecular complexity index is 1360. The summed E-state index contributed by atoms with van der Waals surface area (Å²) in [7, 11) is 0. The van der Waals surface area contributed by atoms with Crippen molar-refractivity contribution in [1.29, 1.82) is 0 Å². The first-order valence-corrected chi connectivity index (χ1v) is 10.4. The Labute approximate surface area is 178 Å². The van der Waals surface area contributed by atoms with Gasteiger partial charge in [-0.25, -0.2) is 15.0 Å². The number of hydrogen-bond donors (Lipinski definition) is 3. The van der Waals surface area contributed by atoms with Crippen LogP contribution in [0.5, 0.6) is 0 Å². The van der Waals surface area contributed by atoms with E-state index in [-0.39, 0.29) is 0 Å². The van der Waals surface area contributed by atoms with E-state index in [1.165, 1.54) is 0 Å². The van der Waals surface area contributed by atoms with Crippen LogP contribution in [0.3, 0.4) is 0 Å². The van der Waals surface area contributed by atoms with E-state index >= 15 is 0 Å². The molecule has 1 saturated heterocycles. The fourth-order valence-corrected chi connectivity index (χ4v) is 4.48.